The maximum absolute atomic E-state index is 2.60. The van der Waals surface area contributed by atoms with Crippen LogP contribution in [0.5, 0.6) is 0 Å². The van der Waals surface area contributed by atoms with E-state index in [0.29, 0.717) is 5.66 Å². The minimum atomic E-state index is -0.558. The van der Waals surface area contributed by atoms with E-state index in [1.807, 2.05) is 0 Å². The van der Waals surface area contributed by atoms with Crippen molar-refractivity contribution in [2.45, 2.75) is 17.7 Å². The number of hydrogen-bond donors (Lipinski definition) is 0. The second kappa shape index (κ2) is 15.1. The zero-order chi connectivity index (χ0) is 30.0. The lowest BCUT2D eigenvalue weighted by Gasteiger charge is -2.40. The zero-order valence-corrected chi connectivity index (χ0v) is 28.0. The normalized spacial score (nSPS) is 12.0. The van der Waals surface area contributed by atoms with Crippen LogP contribution in [0.2, 0.25) is 0 Å². The summed E-state index contributed by atoms with van der Waals surface area (Å²) in [6.45, 7) is 2.60. The first-order chi connectivity index (χ1) is 21.7. The molecule has 0 fully saturated rings. The molecule has 0 amide bonds. The van der Waals surface area contributed by atoms with E-state index in [1.54, 1.807) is 0 Å². The lowest BCUT2D eigenvalue weighted by atomic mass is 10.0. The zero-order valence-electron chi connectivity index (χ0n) is 25.2. The standard InChI is InChI=1S/C41H39P3/c1-41(32-43(36-24-12-4-13-25-36)37-26-14-5-15-27-37,33-44(38-28-16-6-17-29-38)39-30-18-7-19-31-39)42-40(34-20-8-2-9-21-34)35-22-10-3-11-23-35/h2-31,40,42H,32-33H2,1H3. The Morgan fingerprint density at radius 3 is 0.932 bits per heavy atom. The van der Waals surface area contributed by atoms with Crippen molar-refractivity contribution in [3.05, 3.63) is 193 Å². The number of benzene rings is 6. The minimum absolute atomic E-state index is 0.0745. The molecule has 3 heteroatoms. The summed E-state index contributed by atoms with van der Waals surface area (Å²) >= 11 is 0. The van der Waals surface area contributed by atoms with E-state index in [-0.39, 0.29) is 5.16 Å². The highest BCUT2D eigenvalue weighted by atomic mass is 31.1. The highest BCUT2D eigenvalue weighted by Crippen LogP contribution is 2.57. The summed E-state index contributed by atoms with van der Waals surface area (Å²) in [6, 6.07) is 67.5. The van der Waals surface area contributed by atoms with E-state index >= 15 is 0 Å². The van der Waals surface area contributed by atoms with Crippen LogP contribution >= 0.6 is 24.4 Å². The first-order valence-corrected chi connectivity index (χ1v) is 19.4. The van der Waals surface area contributed by atoms with Crippen molar-refractivity contribution in [3.8, 4) is 0 Å². The minimum Gasteiger partial charge on any atom is -0.103 e. The third-order valence-corrected chi connectivity index (χ3v) is 16.4. The Hall–Kier alpha value is -3.39. The fraction of sp³-hybridized carbons (Fsp3) is 0.122. The SMILES string of the molecule is CC(CP(c1ccccc1)c1ccccc1)(CP(c1ccccc1)c1ccccc1)PC(c1ccccc1)c1ccccc1. The fourth-order valence-corrected chi connectivity index (χ4v) is 14.3. The quantitative estimate of drug-likeness (QED) is 0.119. The third-order valence-electron chi connectivity index (χ3n) is 8.04. The van der Waals surface area contributed by atoms with Gasteiger partial charge in [0.15, 0.2) is 0 Å². The number of rotatable bonds is 12. The highest BCUT2D eigenvalue weighted by molar-refractivity contribution is 7.75. The van der Waals surface area contributed by atoms with Crippen LogP contribution in [0, 0.1) is 0 Å². The molecule has 0 spiro atoms. The molecule has 0 nitrogen and oxygen atoms in total. The van der Waals surface area contributed by atoms with Crippen LogP contribution in [0.25, 0.3) is 0 Å². The second-order valence-electron chi connectivity index (χ2n) is 11.5. The van der Waals surface area contributed by atoms with Crippen LogP contribution in [-0.2, 0) is 0 Å². The van der Waals surface area contributed by atoms with E-state index in [0.717, 1.165) is 20.9 Å². The van der Waals surface area contributed by atoms with Gasteiger partial charge in [0.05, 0.1) is 0 Å². The fourth-order valence-electron chi connectivity index (χ4n) is 5.93. The molecule has 0 aliphatic carbocycles. The Labute approximate surface area is 267 Å². The van der Waals surface area contributed by atoms with Gasteiger partial charge in [0.1, 0.15) is 0 Å². The van der Waals surface area contributed by atoms with Gasteiger partial charge < -0.3 is 0 Å². The second-order valence-corrected chi connectivity index (χ2v) is 18.0. The van der Waals surface area contributed by atoms with Crippen molar-refractivity contribution in [3.63, 3.8) is 0 Å². The lowest BCUT2D eigenvalue weighted by molar-refractivity contribution is 0.805. The molecule has 0 heterocycles. The Kier molecular flexibility index (Phi) is 10.5. The van der Waals surface area contributed by atoms with Crippen molar-refractivity contribution in [1.29, 1.82) is 0 Å². The van der Waals surface area contributed by atoms with Crippen LogP contribution in [0.15, 0.2) is 182 Å². The van der Waals surface area contributed by atoms with E-state index in [1.165, 1.54) is 32.3 Å². The van der Waals surface area contributed by atoms with Crippen molar-refractivity contribution in [1.82, 2.24) is 0 Å². The molecule has 6 aromatic carbocycles. The summed E-state index contributed by atoms with van der Waals surface area (Å²) in [5.74, 6) is 0. The van der Waals surface area contributed by atoms with E-state index < -0.39 is 15.8 Å². The smallest absolute Gasteiger partial charge is 0.0268 e. The topological polar surface area (TPSA) is 0 Å². The molecule has 1 atom stereocenters. The molecular formula is C41H39P3. The van der Waals surface area contributed by atoms with Crippen LogP contribution in [0.4, 0.5) is 0 Å². The van der Waals surface area contributed by atoms with Crippen molar-refractivity contribution in [2.24, 2.45) is 0 Å². The predicted molar refractivity (Wildman–Crippen MR) is 199 cm³/mol. The number of hydrogen-bond acceptors (Lipinski definition) is 0. The average Bonchev–Trinajstić information content (AvgIpc) is 3.11. The summed E-state index contributed by atoms with van der Waals surface area (Å²) < 4.78 is 0. The van der Waals surface area contributed by atoms with Gasteiger partial charge in [0.2, 0.25) is 0 Å². The van der Waals surface area contributed by atoms with Crippen LogP contribution in [0.1, 0.15) is 23.7 Å². The van der Waals surface area contributed by atoms with E-state index in [9.17, 15) is 0 Å². The van der Waals surface area contributed by atoms with Crippen LogP contribution in [0.3, 0.4) is 0 Å². The first kappa shape index (κ1) is 30.6. The van der Waals surface area contributed by atoms with Gasteiger partial charge in [-0.3, -0.25) is 0 Å². The predicted octanol–water partition coefficient (Wildman–Crippen LogP) is 9.48. The molecule has 0 saturated carbocycles. The molecule has 0 N–H and O–H groups in total. The maximum Gasteiger partial charge on any atom is 0.0268 e. The summed E-state index contributed by atoms with van der Waals surface area (Å²) in [5, 5.41) is 5.92. The highest BCUT2D eigenvalue weighted by Gasteiger charge is 2.36. The molecule has 0 aliphatic rings. The average molecular weight is 625 g/mol. The van der Waals surface area contributed by atoms with Crippen LogP contribution < -0.4 is 21.2 Å². The van der Waals surface area contributed by atoms with Gasteiger partial charge >= 0.3 is 0 Å². The molecule has 6 rings (SSSR count). The Balaban J connectivity index is 1.48. The Bertz CT molecular complexity index is 1350. The van der Waals surface area contributed by atoms with Gasteiger partial charge in [-0.25, -0.2) is 0 Å². The monoisotopic (exact) mass is 624 g/mol. The summed E-state index contributed by atoms with van der Waals surface area (Å²) in [6.07, 6.45) is 2.28. The lowest BCUT2D eigenvalue weighted by Crippen LogP contribution is -2.35. The van der Waals surface area contributed by atoms with Crippen molar-refractivity contribution < 1.29 is 0 Å². The molecule has 0 saturated heterocycles. The molecule has 0 bridgehead atoms. The molecule has 0 aliphatic heterocycles. The largest absolute Gasteiger partial charge is 0.103 e. The first-order valence-electron chi connectivity index (χ1n) is 15.3. The van der Waals surface area contributed by atoms with Gasteiger partial charge in [-0.1, -0.05) is 189 Å². The molecular weight excluding hydrogens is 585 g/mol. The molecule has 218 valence electrons. The van der Waals surface area contributed by atoms with Crippen molar-refractivity contribution in [2.75, 3.05) is 12.3 Å². The van der Waals surface area contributed by atoms with E-state index in [2.05, 4.69) is 189 Å². The summed E-state index contributed by atoms with van der Waals surface area (Å²) in [4.78, 5) is 0. The Morgan fingerprint density at radius 1 is 0.409 bits per heavy atom. The van der Waals surface area contributed by atoms with Gasteiger partial charge in [0, 0.05) is 5.66 Å². The molecule has 1 unspecified atom stereocenters. The van der Waals surface area contributed by atoms with Gasteiger partial charge in [-0.2, -0.15) is 0 Å². The summed E-state index contributed by atoms with van der Waals surface area (Å²) in [5.41, 5.74) is 3.17. The van der Waals surface area contributed by atoms with Gasteiger partial charge in [0.25, 0.3) is 0 Å². The van der Waals surface area contributed by atoms with Gasteiger partial charge in [-0.05, 0) is 65.7 Å². The van der Waals surface area contributed by atoms with Crippen molar-refractivity contribution >= 4 is 45.6 Å². The molecule has 6 aromatic rings. The van der Waals surface area contributed by atoms with Crippen LogP contribution in [-0.4, -0.2) is 17.5 Å². The third kappa shape index (κ3) is 7.81. The Morgan fingerprint density at radius 2 is 0.659 bits per heavy atom. The summed E-state index contributed by atoms with van der Waals surface area (Å²) in [7, 11) is -0.397. The maximum atomic E-state index is 2.60. The molecule has 0 radical (unpaired) electrons. The van der Waals surface area contributed by atoms with Gasteiger partial charge in [-0.15, -0.1) is 8.58 Å². The molecule has 0 aromatic heterocycles. The molecule has 44 heavy (non-hydrogen) atoms. The van der Waals surface area contributed by atoms with E-state index in [4.69, 9.17) is 0 Å².